The lowest BCUT2D eigenvalue weighted by Crippen LogP contribution is -2.12. The zero-order valence-corrected chi connectivity index (χ0v) is 14.9. The van der Waals surface area contributed by atoms with Gasteiger partial charge in [-0.3, -0.25) is 0 Å². The van der Waals surface area contributed by atoms with Crippen molar-refractivity contribution in [3.05, 3.63) is 59.8 Å². The van der Waals surface area contributed by atoms with Crippen molar-refractivity contribution in [2.75, 3.05) is 5.32 Å². The van der Waals surface area contributed by atoms with Crippen LogP contribution in [0.3, 0.4) is 0 Å². The van der Waals surface area contributed by atoms with Gasteiger partial charge in [0.25, 0.3) is 11.6 Å². The van der Waals surface area contributed by atoms with Crippen LogP contribution in [0.2, 0.25) is 0 Å². The highest BCUT2D eigenvalue weighted by molar-refractivity contribution is 5.46. The molecule has 1 N–H and O–H groups in total. The molecule has 1 aromatic carbocycles. The van der Waals surface area contributed by atoms with Crippen molar-refractivity contribution in [1.29, 1.82) is 0 Å². The van der Waals surface area contributed by atoms with Gasteiger partial charge in [-0.2, -0.15) is 22.7 Å². The molecule has 0 radical (unpaired) electrons. The molecule has 0 saturated carbocycles. The van der Waals surface area contributed by atoms with Gasteiger partial charge in [0.05, 0.1) is 17.9 Å². The predicted octanol–water partition coefficient (Wildman–Crippen LogP) is 3.21. The summed E-state index contributed by atoms with van der Waals surface area (Å²) in [5.41, 5.74) is 1.97. The zero-order chi connectivity index (χ0) is 19.9. The van der Waals surface area contributed by atoms with Gasteiger partial charge in [-0.25, -0.2) is 9.67 Å². The molecule has 3 heterocycles. The third-order valence-corrected chi connectivity index (χ3v) is 4.03. The van der Waals surface area contributed by atoms with Crippen molar-refractivity contribution in [2.45, 2.75) is 26.1 Å². The maximum atomic E-state index is 12.9. The number of nitrogens with one attached hydrogen (secondary N) is 1. The highest BCUT2D eigenvalue weighted by Crippen LogP contribution is 2.27. The van der Waals surface area contributed by atoms with E-state index in [0.29, 0.717) is 17.2 Å². The van der Waals surface area contributed by atoms with E-state index in [9.17, 15) is 13.2 Å². The number of halogens is 3. The normalized spacial score (nSPS) is 13.0. The first-order valence-electron chi connectivity index (χ1n) is 8.37. The molecule has 1 unspecified atom stereocenters. The molecule has 0 amide bonds. The molecule has 0 aliphatic rings. The molecular formula is C17H15F3N8. The lowest BCUT2D eigenvalue weighted by Gasteiger charge is -2.13. The molecule has 8 nitrogen and oxygen atoms in total. The Balaban J connectivity index is 1.64. The molecule has 0 saturated heterocycles. The van der Waals surface area contributed by atoms with Crippen molar-refractivity contribution in [2.24, 2.45) is 0 Å². The van der Waals surface area contributed by atoms with Crippen LogP contribution in [0.5, 0.6) is 0 Å². The predicted molar refractivity (Wildman–Crippen MR) is 93.9 cm³/mol. The first-order chi connectivity index (χ1) is 13.3. The second-order valence-electron chi connectivity index (χ2n) is 6.22. The van der Waals surface area contributed by atoms with Crippen LogP contribution < -0.4 is 5.32 Å². The van der Waals surface area contributed by atoms with E-state index in [2.05, 4.69) is 30.7 Å². The summed E-state index contributed by atoms with van der Waals surface area (Å²) in [5, 5.41) is 14.9. The first-order valence-corrected chi connectivity index (χ1v) is 8.37. The summed E-state index contributed by atoms with van der Waals surface area (Å²) in [6.07, 6.45) is -2.90. The number of hydrogen-bond acceptors (Lipinski definition) is 6. The molecule has 0 spiro atoms. The molecule has 0 fully saturated rings. The van der Waals surface area contributed by atoms with Gasteiger partial charge in [-0.1, -0.05) is 23.4 Å². The highest BCUT2D eigenvalue weighted by Gasteiger charge is 2.37. The van der Waals surface area contributed by atoms with Gasteiger partial charge in [-0.15, -0.1) is 10.2 Å². The largest absolute Gasteiger partial charge is 0.453 e. The van der Waals surface area contributed by atoms with E-state index < -0.39 is 12.0 Å². The number of para-hydroxylation sites is 1. The molecule has 3 aromatic heterocycles. The van der Waals surface area contributed by atoms with Crippen LogP contribution in [0.1, 0.15) is 30.2 Å². The summed E-state index contributed by atoms with van der Waals surface area (Å²) in [6.45, 7) is 3.49. The quantitative estimate of drug-likeness (QED) is 0.578. The molecule has 144 valence electrons. The number of fused-ring (bicyclic) bond motifs is 1. The van der Waals surface area contributed by atoms with Crippen LogP contribution in [-0.2, 0) is 6.18 Å². The van der Waals surface area contributed by atoms with Gasteiger partial charge in [0.1, 0.15) is 11.5 Å². The minimum Gasteiger partial charge on any atom is -0.362 e. The molecule has 0 aliphatic carbocycles. The summed E-state index contributed by atoms with van der Waals surface area (Å²) in [6, 6.07) is 10.7. The van der Waals surface area contributed by atoms with Gasteiger partial charge >= 0.3 is 6.18 Å². The molecular weight excluding hydrogens is 373 g/mol. The van der Waals surface area contributed by atoms with Gasteiger partial charge < -0.3 is 5.32 Å². The van der Waals surface area contributed by atoms with E-state index in [-0.39, 0.29) is 11.8 Å². The molecule has 11 heteroatoms. The van der Waals surface area contributed by atoms with E-state index in [1.165, 1.54) is 0 Å². The van der Waals surface area contributed by atoms with E-state index in [1.807, 2.05) is 37.3 Å². The Kier molecular flexibility index (Phi) is 4.21. The maximum Gasteiger partial charge on any atom is 0.453 e. The third kappa shape index (κ3) is 3.38. The Morgan fingerprint density at radius 3 is 2.57 bits per heavy atom. The number of rotatable bonds is 4. The Bertz CT molecular complexity index is 1120. The monoisotopic (exact) mass is 388 g/mol. The number of hydrogen-bond donors (Lipinski definition) is 1. The minimum atomic E-state index is -4.65. The van der Waals surface area contributed by atoms with Crippen molar-refractivity contribution >= 4 is 11.6 Å². The SMILES string of the molecule is Cc1cc(NC(C)c2cn(-c3ccccc3)nn2)n2nc(C(F)(F)F)nc2n1. The molecule has 0 aliphatic heterocycles. The lowest BCUT2D eigenvalue weighted by atomic mass is 10.2. The standard InChI is InChI=1S/C17H15F3N8/c1-10-8-14(28-16(21-10)23-15(25-28)17(18,19)20)22-11(2)13-9-27(26-24-13)12-6-4-3-5-7-12/h3-9,11,22H,1-2H3. The lowest BCUT2D eigenvalue weighted by molar-refractivity contribution is -0.144. The molecule has 4 aromatic rings. The number of anilines is 1. The number of benzene rings is 1. The molecule has 4 rings (SSSR count). The highest BCUT2D eigenvalue weighted by atomic mass is 19.4. The smallest absolute Gasteiger partial charge is 0.362 e. The van der Waals surface area contributed by atoms with Gasteiger partial charge in [0, 0.05) is 11.8 Å². The third-order valence-electron chi connectivity index (χ3n) is 4.03. The second kappa shape index (κ2) is 6.59. The van der Waals surface area contributed by atoms with Crippen LogP contribution >= 0.6 is 0 Å². The van der Waals surface area contributed by atoms with Crippen LogP contribution in [0, 0.1) is 6.92 Å². The molecule has 28 heavy (non-hydrogen) atoms. The van der Waals surface area contributed by atoms with Crippen molar-refractivity contribution in [1.82, 2.24) is 34.6 Å². The molecule has 1 atom stereocenters. The summed E-state index contributed by atoms with van der Waals surface area (Å²) in [4.78, 5) is 7.48. The van der Waals surface area contributed by atoms with Gasteiger partial charge in [-0.05, 0) is 26.0 Å². The van der Waals surface area contributed by atoms with E-state index >= 15 is 0 Å². The Morgan fingerprint density at radius 2 is 1.86 bits per heavy atom. The van der Waals surface area contributed by atoms with Gasteiger partial charge in [0.15, 0.2) is 0 Å². The fraction of sp³-hybridized carbons (Fsp3) is 0.235. The van der Waals surface area contributed by atoms with Crippen LogP contribution in [0.25, 0.3) is 11.5 Å². The van der Waals surface area contributed by atoms with Gasteiger partial charge in [0.2, 0.25) is 0 Å². The number of alkyl halides is 3. The summed E-state index contributed by atoms with van der Waals surface area (Å²) < 4.78 is 41.5. The fourth-order valence-electron chi connectivity index (χ4n) is 2.69. The average Bonchev–Trinajstić information content (AvgIpc) is 3.29. The molecule has 0 bridgehead atoms. The van der Waals surface area contributed by atoms with Crippen molar-refractivity contribution < 1.29 is 13.2 Å². The summed E-state index contributed by atoms with van der Waals surface area (Å²) in [5.74, 6) is -1.04. The summed E-state index contributed by atoms with van der Waals surface area (Å²) in [7, 11) is 0. The van der Waals surface area contributed by atoms with Crippen LogP contribution in [-0.4, -0.2) is 34.6 Å². The number of aryl methyl sites for hydroxylation is 1. The second-order valence-corrected chi connectivity index (χ2v) is 6.22. The van der Waals surface area contributed by atoms with Crippen LogP contribution in [0.4, 0.5) is 19.0 Å². The topological polar surface area (TPSA) is 85.8 Å². The zero-order valence-electron chi connectivity index (χ0n) is 14.9. The number of aromatic nitrogens is 7. The summed E-state index contributed by atoms with van der Waals surface area (Å²) >= 11 is 0. The van der Waals surface area contributed by atoms with E-state index in [4.69, 9.17) is 0 Å². The first kappa shape index (κ1) is 17.9. The van der Waals surface area contributed by atoms with Crippen LogP contribution in [0.15, 0.2) is 42.6 Å². The average molecular weight is 388 g/mol. The maximum absolute atomic E-state index is 12.9. The Hall–Kier alpha value is -3.50. The van der Waals surface area contributed by atoms with Crippen molar-refractivity contribution in [3.8, 4) is 5.69 Å². The minimum absolute atomic E-state index is 0.130. The fourth-order valence-corrected chi connectivity index (χ4v) is 2.69. The Labute approximate surface area is 157 Å². The van der Waals surface area contributed by atoms with E-state index in [0.717, 1.165) is 10.2 Å². The Morgan fingerprint density at radius 1 is 1.11 bits per heavy atom. The number of nitrogens with zero attached hydrogens (tertiary/aromatic N) is 7. The van der Waals surface area contributed by atoms with E-state index in [1.54, 1.807) is 23.9 Å². The van der Waals surface area contributed by atoms with Crippen molar-refractivity contribution in [3.63, 3.8) is 0 Å².